The minimum absolute atomic E-state index is 0.108. The van der Waals surface area contributed by atoms with Crippen molar-refractivity contribution in [2.75, 3.05) is 20.8 Å². The van der Waals surface area contributed by atoms with Gasteiger partial charge in [0.15, 0.2) is 17.3 Å². The van der Waals surface area contributed by atoms with Crippen molar-refractivity contribution in [3.63, 3.8) is 0 Å². The number of carbonyl (C=O) groups excluding carboxylic acids is 2. The number of pyridine rings is 1. The van der Waals surface area contributed by atoms with E-state index in [1.807, 2.05) is 18.2 Å². The Labute approximate surface area is 152 Å². The van der Waals surface area contributed by atoms with Crippen molar-refractivity contribution in [3.05, 3.63) is 59.9 Å². The van der Waals surface area contributed by atoms with Crippen LogP contribution in [0, 0.1) is 0 Å². The van der Waals surface area contributed by atoms with E-state index in [0.717, 1.165) is 0 Å². The molecule has 0 aliphatic heterocycles. The lowest BCUT2D eigenvalue weighted by molar-refractivity contribution is -0.140. The minimum atomic E-state index is -0.279. The summed E-state index contributed by atoms with van der Waals surface area (Å²) in [4.78, 5) is 27.5. The normalized spacial score (nSPS) is 10.5. The van der Waals surface area contributed by atoms with Gasteiger partial charge in [-0.2, -0.15) is 0 Å². The number of allylic oxidation sites excluding steroid dienone is 1. The number of aromatic nitrogens is 1. The van der Waals surface area contributed by atoms with Crippen LogP contribution in [0.15, 0.2) is 48.7 Å². The van der Waals surface area contributed by atoms with Gasteiger partial charge in [-0.05, 0) is 18.6 Å². The molecule has 2 rings (SSSR count). The number of benzene rings is 1. The van der Waals surface area contributed by atoms with Crippen molar-refractivity contribution in [2.24, 2.45) is 0 Å². The fourth-order valence-electron chi connectivity index (χ4n) is 2.16. The Balaban J connectivity index is 2.02. The molecule has 0 saturated carbocycles. The van der Waals surface area contributed by atoms with Gasteiger partial charge in [0.25, 0.3) is 0 Å². The first-order valence-corrected chi connectivity index (χ1v) is 8.15. The number of methoxy groups -OCH3 is 2. The molecule has 0 spiro atoms. The third-order valence-corrected chi connectivity index (χ3v) is 3.55. The number of nitrogens with zero attached hydrogens (tertiary/aromatic N) is 1. The minimum Gasteiger partial charge on any atom is -0.491 e. The largest absolute Gasteiger partial charge is 0.491 e. The zero-order valence-electron chi connectivity index (χ0n) is 14.8. The van der Waals surface area contributed by atoms with Gasteiger partial charge in [-0.1, -0.05) is 30.3 Å². The zero-order chi connectivity index (χ0) is 18.8. The Bertz CT molecular complexity index is 771. The van der Waals surface area contributed by atoms with Crippen LogP contribution in [-0.4, -0.2) is 37.6 Å². The highest BCUT2D eigenvalue weighted by molar-refractivity contribution is 6.06. The van der Waals surface area contributed by atoms with Crippen LogP contribution in [0.3, 0.4) is 0 Å². The van der Waals surface area contributed by atoms with Crippen LogP contribution in [-0.2, 0) is 9.53 Å². The highest BCUT2D eigenvalue weighted by Gasteiger charge is 2.08. The van der Waals surface area contributed by atoms with Gasteiger partial charge in [0.1, 0.15) is 0 Å². The summed E-state index contributed by atoms with van der Waals surface area (Å²) in [6.07, 6.45) is 5.42. The third-order valence-electron chi connectivity index (χ3n) is 3.55. The molecule has 2 aromatic rings. The summed E-state index contributed by atoms with van der Waals surface area (Å²) >= 11 is 0. The van der Waals surface area contributed by atoms with E-state index in [1.54, 1.807) is 24.3 Å². The van der Waals surface area contributed by atoms with Crippen LogP contribution in [0.1, 0.15) is 28.9 Å². The molecule has 1 heterocycles. The van der Waals surface area contributed by atoms with Crippen molar-refractivity contribution in [1.82, 2.24) is 4.98 Å². The van der Waals surface area contributed by atoms with Crippen LogP contribution in [0.25, 0.3) is 6.08 Å². The van der Waals surface area contributed by atoms with Gasteiger partial charge in [-0.15, -0.1) is 0 Å². The predicted molar refractivity (Wildman–Crippen MR) is 97.3 cm³/mol. The number of hydrogen-bond acceptors (Lipinski definition) is 6. The third kappa shape index (κ3) is 5.73. The lowest BCUT2D eigenvalue weighted by Crippen LogP contribution is -2.05. The second kappa shape index (κ2) is 9.98. The molecular formula is C20H21NO5. The Morgan fingerprint density at radius 2 is 1.88 bits per heavy atom. The quantitative estimate of drug-likeness (QED) is 0.297. The lowest BCUT2D eigenvalue weighted by atomic mass is 10.1. The maximum Gasteiger partial charge on any atom is 0.305 e. The number of ether oxygens (including phenoxy) is 3. The van der Waals surface area contributed by atoms with Crippen LogP contribution in [0.5, 0.6) is 11.5 Å². The fraction of sp³-hybridized carbons (Fsp3) is 0.250. The first-order chi connectivity index (χ1) is 12.6. The van der Waals surface area contributed by atoms with E-state index in [9.17, 15) is 9.59 Å². The second-order valence-electron chi connectivity index (χ2n) is 5.35. The summed E-state index contributed by atoms with van der Waals surface area (Å²) in [5, 5.41) is 0. The second-order valence-corrected chi connectivity index (χ2v) is 5.35. The van der Waals surface area contributed by atoms with Gasteiger partial charge in [0.2, 0.25) is 0 Å². The SMILES string of the molecule is COC(=O)CCCOc1cc(C=CC(=O)c2ccccc2)ncc1OC. The van der Waals surface area contributed by atoms with E-state index in [-0.39, 0.29) is 18.2 Å². The molecule has 0 bridgehead atoms. The first kappa shape index (κ1) is 19.2. The monoisotopic (exact) mass is 355 g/mol. The first-order valence-electron chi connectivity index (χ1n) is 8.15. The highest BCUT2D eigenvalue weighted by Crippen LogP contribution is 2.27. The van der Waals surface area contributed by atoms with Gasteiger partial charge >= 0.3 is 5.97 Å². The van der Waals surface area contributed by atoms with E-state index in [0.29, 0.717) is 35.8 Å². The maximum absolute atomic E-state index is 12.1. The number of rotatable bonds is 9. The molecule has 6 nitrogen and oxygen atoms in total. The average Bonchev–Trinajstić information content (AvgIpc) is 2.69. The van der Waals surface area contributed by atoms with Crippen molar-refractivity contribution in [3.8, 4) is 11.5 Å². The molecule has 6 heteroatoms. The maximum atomic E-state index is 12.1. The Morgan fingerprint density at radius 1 is 1.12 bits per heavy atom. The van der Waals surface area contributed by atoms with E-state index < -0.39 is 0 Å². The molecular weight excluding hydrogens is 334 g/mol. The van der Waals surface area contributed by atoms with Crippen LogP contribution >= 0.6 is 0 Å². The predicted octanol–water partition coefficient (Wildman–Crippen LogP) is 3.32. The summed E-state index contributed by atoms with van der Waals surface area (Å²) in [6.45, 7) is 0.335. The standard InChI is InChI=1S/C20H21NO5/c1-24-19-14-21-16(10-11-17(22)15-7-4-3-5-8-15)13-18(19)26-12-6-9-20(23)25-2/h3-5,7-8,10-11,13-14H,6,9,12H2,1-2H3. The molecule has 0 aliphatic carbocycles. The summed E-state index contributed by atoms with van der Waals surface area (Å²) < 4.78 is 15.5. The van der Waals surface area contributed by atoms with E-state index in [4.69, 9.17) is 9.47 Å². The van der Waals surface area contributed by atoms with Gasteiger partial charge in [-0.3, -0.25) is 14.6 Å². The molecule has 0 atom stereocenters. The van der Waals surface area contributed by atoms with Gasteiger partial charge in [0, 0.05) is 18.1 Å². The highest BCUT2D eigenvalue weighted by atomic mass is 16.5. The lowest BCUT2D eigenvalue weighted by Gasteiger charge is -2.10. The molecule has 1 aromatic carbocycles. The van der Waals surface area contributed by atoms with E-state index in [1.165, 1.54) is 26.5 Å². The zero-order valence-corrected chi connectivity index (χ0v) is 14.8. The number of esters is 1. The van der Waals surface area contributed by atoms with Crippen molar-refractivity contribution < 1.29 is 23.8 Å². The smallest absolute Gasteiger partial charge is 0.305 e. The van der Waals surface area contributed by atoms with Crippen molar-refractivity contribution >= 4 is 17.8 Å². The number of ketones is 1. The fourth-order valence-corrected chi connectivity index (χ4v) is 2.16. The summed E-state index contributed by atoms with van der Waals surface area (Å²) in [5.74, 6) is 0.593. The molecule has 0 unspecified atom stereocenters. The van der Waals surface area contributed by atoms with Crippen molar-refractivity contribution in [2.45, 2.75) is 12.8 Å². The average molecular weight is 355 g/mol. The Morgan fingerprint density at radius 3 is 2.58 bits per heavy atom. The molecule has 0 N–H and O–H groups in total. The van der Waals surface area contributed by atoms with Crippen molar-refractivity contribution in [1.29, 1.82) is 0 Å². The molecule has 26 heavy (non-hydrogen) atoms. The summed E-state index contributed by atoms with van der Waals surface area (Å²) in [7, 11) is 2.87. The molecule has 0 fully saturated rings. The molecule has 0 aliphatic rings. The van der Waals surface area contributed by atoms with Crippen LogP contribution in [0.4, 0.5) is 0 Å². The van der Waals surface area contributed by atoms with Gasteiger partial charge in [-0.25, -0.2) is 0 Å². The Hall–Kier alpha value is -3.15. The summed E-state index contributed by atoms with van der Waals surface area (Å²) in [5.41, 5.74) is 1.18. The van der Waals surface area contributed by atoms with E-state index >= 15 is 0 Å². The number of hydrogen-bond donors (Lipinski definition) is 0. The summed E-state index contributed by atoms with van der Waals surface area (Å²) in [6, 6.07) is 10.7. The molecule has 0 radical (unpaired) electrons. The molecule has 136 valence electrons. The number of carbonyl (C=O) groups is 2. The van der Waals surface area contributed by atoms with Gasteiger partial charge < -0.3 is 14.2 Å². The van der Waals surface area contributed by atoms with Gasteiger partial charge in [0.05, 0.1) is 32.7 Å². The van der Waals surface area contributed by atoms with Crippen LogP contribution in [0.2, 0.25) is 0 Å². The molecule has 1 aromatic heterocycles. The Kier molecular flexibility index (Phi) is 7.36. The molecule has 0 amide bonds. The molecule has 0 saturated heterocycles. The topological polar surface area (TPSA) is 74.7 Å². The van der Waals surface area contributed by atoms with Crippen LogP contribution < -0.4 is 9.47 Å². The van der Waals surface area contributed by atoms with E-state index in [2.05, 4.69) is 9.72 Å².